The molecule has 0 saturated carbocycles. The molecule has 1 aliphatic heterocycles. The Labute approximate surface area is 104 Å². The summed E-state index contributed by atoms with van der Waals surface area (Å²) in [7, 11) is 0. The topological polar surface area (TPSA) is 116 Å². The molecule has 4 N–H and O–H groups in total. The van der Waals surface area contributed by atoms with Crippen molar-refractivity contribution in [3.05, 3.63) is 0 Å². The summed E-state index contributed by atoms with van der Waals surface area (Å²) >= 11 is 0. The lowest BCUT2D eigenvalue weighted by molar-refractivity contribution is -0.128. The molecule has 0 radical (unpaired) electrons. The SMILES string of the molecule is O=C1CCNC(=O)CNC(=O)CNC(=O)CCN1. The zero-order chi connectivity index (χ0) is 13.4. The second-order valence-electron chi connectivity index (χ2n) is 3.75. The first kappa shape index (κ1) is 13.9. The van der Waals surface area contributed by atoms with Gasteiger partial charge in [-0.1, -0.05) is 0 Å². The van der Waals surface area contributed by atoms with Gasteiger partial charge in [0.1, 0.15) is 0 Å². The number of carbonyl (C=O) groups excluding carboxylic acids is 4. The summed E-state index contributed by atoms with van der Waals surface area (Å²) in [5.41, 5.74) is 0. The van der Waals surface area contributed by atoms with Gasteiger partial charge in [0.25, 0.3) is 0 Å². The van der Waals surface area contributed by atoms with Crippen LogP contribution in [0.1, 0.15) is 12.8 Å². The molecule has 100 valence electrons. The van der Waals surface area contributed by atoms with Crippen LogP contribution in [-0.2, 0) is 19.2 Å². The van der Waals surface area contributed by atoms with Crippen molar-refractivity contribution < 1.29 is 19.2 Å². The second-order valence-corrected chi connectivity index (χ2v) is 3.75. The van der Waals surface area contributed by atoms with E-state index in [2.05, 4.69) is 21.3 Å². The van der Waals surface area contributed by atoms with E-state index in [1.54, 1.807) is 0 Å². The van der Waals surface area contributed by atoms with Crippen molar-refractivity contribution in [3.63, 3.8) is 0 Å². The zero-order valence-corrected chi connectivity index (χ0v) is 9.88. The van der Waals surface area contributed by atoms with Crippen molar-refractivity contribution in [1.82, 2.24) is 21.3 Å². The highest BCUT2D eigenvalue weighted by molar-refractivity contribution is 5.88. The molecule has 8 nitrogen and oxygen atoms in total. The summed E-state index contributed by atoms with van der Waals surface area (Å²) in [6.07, 6.45) is 0.257. The van der Waals surface area contributed by atoms with E-state index in [1.165, 1.54) is 0 Å². The second kappa shape index (κ2) is 7.25. The number of hydrogen-bond acceptors (Lipinski definition) is 4. The zero-order valence-electron chi connectivity index (χ0n) is 9.88. The molecule has 1 fully saturated rings. The Morgan fingerprint density at radius 1 is 0.556 bits per heavy atom. The molecule has 0 aromatic rings. The highest BCUT2D eigenvalue weighted by Gasteiger charge is 2.10. The number of hydrogen-bond donors (Lipinski definition) is 4. The molecular weight excluding hydrogens is 240 g/mol. The van der Waals surface area contributed by atoms with E-state index in [-0.39, 0.29) is 56.7 Å². The van der Waals surface area contributed by atoms with E-state index in [4.69, 9.17) is 0 Å². The summed E-state index contributed by atoms with van der Waals surface area (Å²) in [5, 5.41) is 9.77. The third-order valence-electron chi connectivity index (χ3n) is 2.24. The molecule has 0 aliphatic carbocycles. The molecule has 4 amide bonds. The van der Waals surface area contributed by atoms with Crippen LogP contribution in [0.15, 0.2) is 0 Å². The molecule has 0 bridgehead atoms. The molecule has 1 saturated heterocycles. The number of amides is 4. The van der Waals surface area contributed by atoms with Gasteiger partial charge in [-0.2, -0.15) is 0 Å². The first-order valence-corrected chi connectivity index (χ1v) is 5.64. The molecule has 0 aromatic carbocycles. The van der Waals surface area contributed by atoms with E-state index in [9.17, 15) is 19.2 Å². The van der Waals surface area contributed by atoms with Gasteiger partial charge in [0.2, 0.25) is 23.6 Å². The third kappa shape index (κ3) is 5.83. The van der Waals surface area contributed by atoms with Gasteiger partial charge in [0, 0.05) is 25.9 Å². The van der Waals surface area contributed by atoms with Crippen LogP contribution in [0.5, 0.6) is 0 Å². The summed E-state index contributed by atoms with van der Waals surface area (Å²) in [6, 6.07) is 0. The lowest BCUT2D eigenvalue weighted by atomic mass is 10.3. The van der Waals surface area contributed by atoms with Crippen LogP contribution in [0.25, 0.3) is 0 Å². The molecule has 0 aromatic heterocycles. The Balaban J connectivity index is 2.47. The van der Waals surface area contributed by atoms with Crippen molar-refractivity contribution in [2.24, 2.45) is 0 Å². The summed E-state index contributed by atoms with van der Waals surface area (Å²) < 4.78 is 0. The first-order valence-electron chi connectivity index (χ1n) is 5.64. The summed E-state index contributed by atoms with van der Waals surface area (Å²) in [4.78, 5) is 44.9. The van der Waals surface area contributed by atoms with Crippen molar-refractivity contribution >= 4 is 23.6 Å². The molecular formula is C10H16N4O4. The van der Waals surface area contributed by atoms with Gasteiger partial charge >= 0.3 is 0 Å². The van der Waals surface area contributed by atoms with Gasteiger partial charge in [-0.25, -0.2) is 0 Å². The van der Waals surface area contributed by atoms with E-state index in [1.807, 2.05) is 0 Å². The van der Waals surface area contributed by atoms with Crippen molar-refractivity contribution in [2.45, 2.75) is 12.8 Å². The minimum absolute atomic E-state index is 0.116. The molecule has 0 atom stereocenters. The fraction of sp³-hybridized carbons (Fsp3) is 0.600. The Morgan fingerprint density at radius 2 is 0.944 bits per heavy atom. The average molecular weight is 256 g/mol. The summed E-state index contributed by atoms with van der Waals surface area (Å²) in [5.74, 6) is -1.37. The molecule has 0 unspecified atom stereocenters. The van der Waals surface area contributed by atoms with Crippen LogP contribution >= 0.6 is 0 Å². The monoisotopic (exact) mass is 256 g/mol. The minimum atomic E-state index is -0.431. The lowest BCUT2D eigenvalue weighted by Crippen LogP contribution is -2.43. The van der Waals surface area contributed by atoms with Gasteiger partial charge in [0.15, 0.2) is 0 Å². The van der Waals surface area contributed by atoms with Gasteiger partial charge < -0.3 is 21.3 Å². The maximum atomic E-state index is 11.3. The molecule has 18 heavy (non-hydrogen) atoms. The average Bonchev–Trinajstić information content (AvgIpc) is 2.33. The largest absolute Gasteiger partial charge is 0.356 e. The van der Waals surface area contributed by atoms with E-state index < -0.39 is 5.91 Å². The van der Waals surface area contributed by atoms with Crippen LogP contribution in [0.4, 0.5) is 0 Å². The maximum Gasteiger partial charge on any atom is 0.239 e. The third-order valence-corrected chi connectivity index (χ3v) is 2.24. The highest BCUT2D eigenvalue weighted by atomic mass is 16.2. The normalized spacial score (nSPS) is 20.0. The van der Waals surface area contributed by atoms with Crippen molar-refractivity contribution in [2.75, 3.05) is 26.2 Å². The van der Waals surface area contributed by atoms with Gasteiger partial charge in [-0.05, 0) is 0 Å². The molecule has 1 heterocycles. The molecule has 1 rings (SSSR count). The number of nitrogens with one attached hydrogen (secondary N) is 4. The smallest absolute Gasteiger partial charge is 0.239 e. The van der Waals surface area contributed by atoms with Crippen LogP contribution in [0.2, 0.25) is 0 Å². The highest BCUT2D eigenvalue weighted by Crippen LogP contribution is 1.82. The standard InChI is InChI=1S/C10H16N4O4/c15-7-1-4-12-9(17)5-14-10(18)6-13-8(16)2-3-11-7/h1-6H2,(H,11,15)(H,12,17)(H,13,16)(H,14,18). The number of carbonyl (C=O) groups is 4. The van der Waals surface area contributed by atoms with E-state index in [0.29, 0.717) is 0 Å². The predicted octanol–water partition coefficient (Wildman–Crippen LogP) is -2.75. The Morgan fingerprint density at radius 3 is 1.56 bits per heavy atom. The number of rotatable bonds is 0. The fourth-order valence-corrected chi connectivity index (χ4v) is 1.29. The lowest BCUT2D eigenvalue weighted by Gasteiger charge is -2.10. The van der Waals surface area contributed by atoms with Gasteiger partial charge in [-0.15, -0.1) is 0 Å². The Kier molecular flexibility index (Phi) is 5.62. The fourth-order valence-electron chi connectivity index (χ4n) is 1.29. The van der Waals surface area contributed by atoms with Gasteiger partial charge in [0.05, 0.1) is 13.1 Å². The van der Waals surface area contributed by atoms with E-state index in [0.717, 1.165) is 0 Å². The summed E-state index contributed by atoms with van der Waals surface area (Å²) in [6.45, 7) is 0.0589. The van der Waals surface area contributed by atoms with Crippen LogP contribution in [0, 0.1) is 0 Å². The Bertz CT molecular complexity index is 326. The van der Waals surface area contributed by atoms with Crippen LogP contribution in [-0.4, -0.2) is 49.8 Å². The minimum Gasteiger partial charge on any atom is -0.356 e. The van der Waals surface area contributed by atoms with Gasteiger partial charge in [-0.3, -0.25) is 19.2 Å². The maximum absolute atomic E-state index is 11.3. The van der Waals surface area contributed by atoms with Crippen molar-refractivity contribution in [1.29, 1.82) is 0 Å². The molecule has 8 heteroatoms. The predicted molar refractivity (Wildman–Crippen MR) is 61.3 cm³/mol. The van der Waals surface area contributed by atoms with E-state index >= 15 is 0 Å². The molecule has 1 aliphatic rings. The Hall–Kier alpha value is -2.12. The molecule has 0 spiro atoms. The van der Waals surface area contributed by atoms with Crippen LogP contribution in [0.3, 0.4) is 0 Å². The quantitative estimate of drug-likeness (QED) is 0.376. The first-order chi connectivity index (χ1) is 8.58. The van der Waals surface area contributed by atoms with Crippen LogP contribution < -0.4 is 21.3 Å². The van der Waals surface area contributed by atoms with Crippen molar-refractivity contribution in [3.8, 4) is 0 Å².